The molecule has 4 N–H and O–H groups in total. The third kappa shape index (κ3) is 2.52. The molecule has 5 heteroatoms. The van der Waals surface area contributed by atoms with Crippen molar-refractivity contribution in [3.8, 4) is 0 Å². The summed E-state index contributed by atoms with van der Waals surface area (Å²) in [5.41, 5.74) is 10.3. The van der Waals surface area contributed by atoms with E-state index in [1.165, 1.54) is 0 Å². The van der Waals surface area contributed by atoms with Gasteiger partial charge in [-0.25, -0.2) is 0 Å². The van der Waals surface area contributed by atoms with Crippen molar-refractivity contribution in [1.82, 2.24) is 10.2 Å². The predicted molar refractivity (Wildman–Crippen MR) is 80.9 cm³/mol. The Labute approximate surface area is 118 Å². The minimum absolute atomic E-state index is 0.246. The zero-order valence-corrected chi connectivity index (χ0v) is 12.1. The minimum Gasteiger partial charge on any atom is -0.395 e. The van der Waals surface area contributed by atoms with Crippen molar-refractivity contribution in [3.63, 3.8) is 0 Å². The average Bonchev–Trinajstić information content (AvgIpc) is 2.79. The highest BCUT2D eigenvalue weighted by atomic mass is 16.2. The van der Waals surface area contributed by atoms with Crippen LogP contribution in [-0.2, 0) is 12.8 Å². The summed E-state index contributed by atoms with van der Waals surface area (Å²) in [4.78, 5) is 12.3. The lowest BCUT2D eigenvalue weighted by Crippen LogP contribution is -2.16. The standard InChI is InChI=1S/C15H20N4O/c1-4-10-7-6-8-11(5-2)13(10)17-15(20)14-12(16)9(3)18-19-14/h6-8H,4-5,16H2,1-3H3,(H,17,20)(H,18,19). The smallest absolute Gasteiger partial charge is 0.278 e. The molecule has 0 aliphatic rings. The predicted octanol–water partition coefficient (Wildman–Crippen LogP) is 2.68. The molecule has 106 valence electrons. The fraction of sp³-hybridized carbons (Fsp3) is 0.333. The summed E-state index contributed by atoms with van der Waals surface area (Å²) in [6, 6.07) is 6.06. The summed E-state index contributed by atoms with van der Waals surface area (Å²) >= 11 is 0. The number of carbonyl (C=O) groups is 1. The molecule has 0 fully saturated rings. The van der Waals surface area contributed by atoms with E-state index in [0.717, 1.165) is 29.7 Å². The Bertz CT molecular complexity index is 609. The van der Waals surface area contributed by atoms with E-state index in [1.807, 2.05) is 18.2 Å². The molecule has 0 atom stereocenters. The number of rotatable bonds is 4. The van der Waals surface area contributed by atoms with Gasteiger partial charge in [0.15, 0.2) is 5.69 Å². The molecule has 0 unspecified atom stereocenters. The van der Waals surface area contributed by atoms with Crippen LogP contribution in [0.5, 0.6) is 0 Å². The van der Waals surface area contributed by atoms with Gasteiger partial charge in [0.25, 0.3) is 5.91 Å². The molecule has 0 saturated carbocycles. The van der Waals surface area contributed by atoms with E-state index in [9.17, 15) is 4.79 Å². The van der Waals surface area contributed by atoms with Crippen molar-refractivity contribution in [3.05, 3.63) is 40.7 Å². The number of hydrogen-bond donors (Lipinski definition) is 3. The number of nitrogens with zero attached hydrogens (tertiary/aromatic N) is 1. The number of nitrogens with one attached hydrogen (secondary N) is 2. The molecule has 0 aliphatic heterocycles. The second-order valence-electron chi connectivity index (χ2n) is 4.72. The number of carbonyl (C=O) groups excluding carboxylic acids is 1. The van der Waals surface area contributed by atoms with Gasteiger partial charge < -0.3 is 11.1 Å². The molecular formula is C15H20N4O. The van der Waals surface area contributed by atoms with E-state index in [4.69, 9.17) is 5.73 Å². The number of hydrogen-bond acceptors (Lipinski definition) is 3. The van der Waals surface area contributed by atoms with Crippen LogP contribution >= 0.6 is 0 Å². The van der Waals surface area contributed by atoms with E-state index in [-0.39, 0.29) is 11.6 Å². The Balaban J connectivity index is 2.34. The summed E-state index contributed by atoms with van der Waals surface area (Å²) in [5.74, 6) is -0.276. The first-order valence-corrected chi connectivity index (χ1v) is 6.81. The van der Waals surface area contributed by atoms with E-state index >= 15 is 0 Å². The highest BCUT2D eigenvalue weighted by Gasteiger charge is 2.17. The molecule has 1 amide bonds. The Hall–Kier alpha value is -2.30. The number of anilines is 2. The van der Waals surface area contributed by atoms with Gasteiger partial charge in [-0.3, -0.25) is 9.89 Å². The second kappa shape index (κ2) is 5.77. The monoisotopic (exact) mass is 272 g/mol. The number of amides is 1. The zero-order valence-electron chi connectivity index (χ0n) is 12.1. The number of benzene rings is 1. The number of H-pyrrole nitrogens is 1. The van der Waals surface area contributed by atoms with Crippen LogP contribution in [0.25, 0.3) is 0 Å². The van der Waals surface area contributed by atoms with Crippen LogP contribution in [-0.4, -0.2) is 16.1 Å². The van der Waals surface area contributed by atoms with Gasteiger partial charge in [0.2, 0.25) is 0 Å². The van der Waals surface area contributed by atoms with Crippen molar-refractivity contribution in [1.29, 1.82) is 0 Å². The van der Waals surface area contributed by atoms with Gasteiger partial charge in [-0.2, -0.15) is 5.10 Å². The van der Waals surface area contributed by atoms with Crippen molar-refractivity contribution in [2.75, 3.05) is 11.1 Å². The fourth-order valence-corrected chi connectivity index (χ4v) is 2.19. The third-order valence-electron chi connectivity index (χ3n) is 3.45. The van der Waals surface area contributed by atoms with Crippen LogP contribution in [0.15, 0.2) is 18.2 Å². The van der Waals surface area contributed by atoms with Crippen molar-refractivity contribution in [2.45, 2.75) is 33.6 Å². The Morgan fingerprint density at radius 3 is 2.35 bits per heavy atom. The fourth-order valence-electron chi connectivity index (χ4n) is 2.19. The highest BCUT2D eigenvalue weighted by Crippen LogP contribution is 2.24. The summed E-state index contributed by atoms with van der Waals surface area (Å²) in [6.45, 7) is 5.92. The van der Waals surface area contributed by atoms with Crippen LogP contribution in [0.3, 0.4) is 0 Å². The van der Waals surface area contributed by atoms with Gasteiger partial charge in [-0.1, -0.05) is 32.0 Å². The van der Waals surface area contributed by atoms with Gasteiger partial charge in [-0.15, -0.1) is 0 Å². The van der Waals surface area contributed by atoms with Crippen molar-refractivity contribution < 1.29 is 4.79 Å². The van der Waals surface area contributed by atoms with Gasteiger partial charge in [0, 0.05) is 5.69 Å². The van der Waals surface area contributed by atoms with E-state index in [2.05, 4.69) is 29.4 Å². The first-order valence-electron chi connectivity index (χ1n) is 6.81. The molecular weight excluding hydrogens is 252 g/mol. The first-order chi connectivity index (χ1) is 9.58. The maximum Gasteiger partial charge on any atom is 0.278 e. The molecule has 0 saturated heterocycles. The van der Waals surface area contributed by atoms with Gasteiger partial charge in [0.05, 0.1) is 11.4 Å². The topological polar surface area (TPSA) is 83.8 Å². The van der Waals surface area contributed by atoms with Crippen LogP contribution in [0.4, 0.5) is 11.4 Å². The summed E-state index contributed by atoms with van der Waals surface area (Å²) in [6.07, 6.45) is 1.72. The summed E-state index contributed by atoms with van der Waals surface area (Å²) in [5, 5.41) is 9.64. The van der Waals surface area contributed by atoms with Gasteiger partial charge in [0.1, 0.15) is 0 Å². The lowest BCUT2D eigenvalue weighted by Gasteiger charge is -2.13. The summed E-state index contributed by atoms with van der Waals surface area (Å²) in [7, 11) is 0. The quantitative estimate of drug-likeness (QED) is 0.800. The first kappa shape index (κ1) is 14.1. The molecule has 0 bridgehead atoms. The maximum atomic E-state index is 12.3. The lowest BCUT2D eigenvalue weighted by molar-refractivity contribution is 0.102. The Kier molecular flexibility index (Phi) is 4.08. The normalized spacial score (nSPS) is 10.6. The number of para-hydroxylation sites is 1. The summed E-state index contributed by atoms with van der Waals surface area (Å²) < 4.78 is 0. The highest BCUT2D eigenvalue weighted by molar-refractivity contribution is 6.07. The molecule has 0 aliphatic carbocycles. The number of nitrogen functional groups attached to an aromatic ring is 1. The van der Waals surface area contributed by atoms with E-state index < -0.39 is 0 Å². The number of nitrogens with two attached hydrogens (primary N) is 1. The average molecular weight is 272 g/mol. The van der Waals surface area contributed by atoms with Gasteiger partial charge >= 0.3 is 0 Å². The van der Waals surface area contributed by atoms with Crippen molar-refractivity contribution >= 4 is 17.3 Å². The van der Waals surface area contributed by atoms with Crippen LogP contribution in [0, 0.1) is 6.92 Å². The lowest BCUT2D eigenvalue weighted by atomic mass is 10.0. The molecule has 2 rings (SSSR count). The molecule has 0 radical (unpaired) electrons. The Morgan fingerprint density at radius 2 is 1.90 bits per heavy atom. The number of aromatic amines is 1. The minimum atomic E-state index is -0.276. The molecule has 5 nitrogen and oxygen atoms in total. The van der Waals surface area contributed by atoms with Crippen LogP contribution in [0.2, 0.25) is 0 Å². The second-order valence-corrected chi connectivity index (χ2v) is 4.72. The molecule has 20 heavy (non-hydrogen) atoms. The third-order valence-corrected chi connectivity index (χ3v) is 3.45. The van der Waals surface area contributed by atoms with Crippen LogP contribution < -0.4 is 11.1 Å². The molecule has 0 spiro atoms. The van der Waals surface area contributed by atoms with E-state index in [1.54, 1.807) is 6.92 Å². The maximum absolute atomic E-state index is 12.3. The Morgan fingerprint density at radius 1 is 1.30 bits per heavy atom. The zero-order chi connectivity index (χ0) is 14.7. The molecule has 2 aromatic rings. The molecule has 1 heterocycles. The van der Waals surface area contributed by atoms with Gasteiger partial charge in [-0.05, 0) is 30.9 Å². The molecule has 1 aromatic heterocycles. The van der Waals surface area contributed by atoms with Crippen molar-refractivity contribution in [2.24, 2.45) is 0 Å². The van der Waals surface area contributed by atoms with Crippen LogP contribution in [0.1, 0.15) is 41.2 Å². The van der Waals surface area contributed by atoms with E-state index in [0.29, 0.717) is 11.4 Å². The largest absolute Gasteiger partial charge is 0.395 e. The molecule has 1 aromatic carbocycles. The number of aryl methyl sites for hydroxylation is 3. The SMILES string of the molecule is CCc1cccc(CC)c1NC(=O)c1n[nH]c(C)c1N. The number of aromatic nitrogens is 2.